The first-order chi connectivity index (χ1) is 13.3. The number of hydrogen-bond donors (Lipinski definition) is 3. The van der Waals surface area contributed by atoms with Crippen LogP contribution in [0.2, 0.25) is 5.02 Å². The van der Waals surface area contributed by atoms with Crippen molar-refractivity contribution in [1.82, 2.24) is 4.57 Å². The van der Waals surface area contributed by atoms with Crippen molar-refractivity contribution in [2.24, 2.45) is 0 Å². The average molecular weight is 400 g/mol. The van der Waals surface area contributed by atoms with Crippen LogP contribution in [-0.4, -0.2) is 37.6 Å². The van der Waals surface area contributed by atoms with Crippen LogP contribution in [0.3, 0.4) is 0 Å². The standard InChI is InChI=1S/C20H14ClNO6/c21-13-4-5-16-14(7-13)15(17(23)8-18(24)20(27)28)10-22(16)9-11-2-1-3-12(6-11)19(25)26/h1-8,10,24H,9H2,(H,25,26)(H,27,28)/b18-8-. The minimum Gasteiger partial charge on any atom is -0.502 e. The van der Waals surface area contributed by atoms with Gasteiger partial charge in [0.15, 0.2) is 5.78 Å². The van der Waals surface area contributed by atoms with Gasteiger partial charge in [-0.2, -0.15) is 0 Å². The molecule has 0 aliphatic rings. The van der Waals surface area contributed by atoms with Crippen molar-refractivity contribution in [1.29, 1.82) is 0 Å². The third-order valence-electron chi connectivity index (χ3n) is 4.12. The van der Waals surface area contributed by atoms with Crippen LogP contribution in [0, 0.1) is 0 Å². The van der Waals surface area contributed by atoms with Crippen LogP contribution < -0.4 is 0 Å². The molecular formula is C20H14ClNO6. The van der Waals surface area contributed by atoms with Crippen molar-refractivity contribution in [2.45, 2.75) is 6.54 Å². The van der Waals surface area contributed by atoms with E-state index < -0.39 is 23.5 Å². The van der Waals surface area contributed by atoms with Crippen LogP contribution >= 0.6 is 11.6 Å². The average Bonchev–Trinajstić information content (AvgIpc) is 2.99. The number of benzene rings is 2. The zero-order valence-electron chi connectivity index (χ0n) is 14.3. The molecule has 7 nitrogen and oxygen atoms in total. The van der Waals surface area contributed by atoms with E-state index in [1.807, 2.05) is 0 Å². The summed E-state index contributed by atoms with van der Waals surface area (Å²) in [6.45, 7) is 0.279. The number of halogens is 1. The van der Waals surface area contributed by atoms with Gasteiger partial charge in [-0.25, -0.2) is 9.59 Å². The number of ketones is 1. The van der Waals surface area contributed by atoms with Crippen LogP contribution in [0.4, 0.5) is 0 Å². The summed E-state index contributed by atoms with van der Waals surface area (Å²) in [4.78, 5) is 34.4. The minimum atomic E-state index is -1.61. The predicted molar refractivity (Wildman–Crippen MR) is 102 cm³/mol. The molecule has 1 aromatic heterocycles. The summed E-state index contributed by atoms with van der Waals surface area (Å²) in [6, 6.07) is 11.3. The molecule has 0 amide bonds. The van der Waals surface area contributed by atoms with Gasteiger partial charge in [-0.05, 0) is 35.9 Å². The van der Waals surface area contributed by atoms with Crippen molar-refractivity contribution < 1.29 is 29.7 Å². The first-order valence-electron chi connectivity index (χ1n) is 8.05. The molecule has 142 valence electrons. The fourth-order valence-corrected chi connectivity index (χ4v) is 3.03. The van der Waals surface area contributed by atoms with Crippen LogP contribution in [0.1, 0.15) is 26.3 Å². The van der Waals surface area contributed by atoms with Gasteiger partial charge in [0.1, 0.15) is 0 Å². The Hall–Kier alpha value is -3.58. The number of hydrogen-bond acceptors (Lipinski definition) is 4. The molecule has 1 heterocycles. The fourth-order valence-electron chi connectivity index (χ4n) is 2.86. The van der Waals surface area contributed by atoms with Gasteiger partial charge < -0.3 is 19.9 Å². The summed E-state index contributed by atoms with van der Waals surface area (Å²) in [5.74, 6) is -4.41. The summed E-state index contributed by atoms with van der Waals surface area (Å²) in [5.41, 5.74) is 1.66. The van der Waals surface area contributed by atoms with Crippen molar-refractivity contribution in [2.75, 3.05) is 0 Å². The highest BCUT2D eigenvalue weighted by molar-refractivity contribution is 6.31. The molecule has 28 heavy (non-hydrogen) atoms. The maximum absolute atomic E-state index is 12.5. The molecule has 0 saturated carbocycles. The molecule has 0 bridgehead atoms. The Morgan fingerprint density at radius 2 is 1.79 bits per heavy atom. The monoisotopic (exact) mass is 399 g/mol. The largest absolute Gasteiger partial charge is 0.502 e. The first-order valence-corrected chi connectivity index (χ1v) is 8.43. The molecule has 0 atom stereocenters. The summed E-state index contributed by atoms with van der Waals surface area (Å²) in [5, 5.41) is 28.1. The molecule has 0 aliphatic heterocycles. The van der Waals surface area contributed by atoms with Gasteiger partial charge >= 0.3 is 11.9 Å². The van der Waals surface area contributed by atoms with E-state index in [4.69, 9.17) is 21.8 Å². The van der Waals surface area contributed by atoms with E-state index in [0.717, 1.165) is 0 Å². The van der Waals surface area contributed by atoms with Crippen LogP contribution in [-0.2, 0) is 11.3 Å². The number of carbonyl (C=O) groups excluding carboxylic acids is 1. The van der Waals surface area contributed by atoms with Gasteiger partial charge in [-0.15, -0.1) is 0 Å². The van der Waals surface area contributed by atoms with E-state index in [1.165, 1.54) is 18.3 Å². The third kappa shape index (κ3) is 3.89. The van der Waals surface area contributed by atoms with E-state index in [9.17, 15) is 19.5 Å². The van der Waals surface area contributed by atoms with Crippen LogP contribution in [0.15, 0.2) is 60.5 Å². The summed E-state index contributed by atoms with van der Waals surface area (Å²) >= 11 is 6.03. The van der Waals surface area contributed by atoms with Gasteiger partial charge in [0.2, 0.25) is 5.76 Å². The molecule has 0 spiro atoms. The minimum absolute atomic E-state index is 0.141. The zero-order valence-corrected chi connectivity index (χ0v) is 15.1. The summed E-state index contributed by atoms with van der Waals surface area (Å²) in [6.07, 6.45) is 2.15. The molecule has 0 fully saturated rings. The van der Waals surface area contributed by atoms with E-state index in [2.05, 4.69) is 0 Å². The molecule has 2 aromatic carbocycles. The van der Waals surface area contributed by atoms with Crippen molar-refractivity contribution in [3.63, 3.8) is 0 Å². The highest BCUT2D eigenvalue weighted by atomic mass is 35.5. The Bertz CT molecular complexity index is 1140. The Labute approximate surface area is 163 Å². The molecule has 3 aromatic rings. The predicted octanol–water partition coefficient (Wildman–Crippen LogP) is 3.75. The quantitative estimate of drug-likeness (QED) is 0.330. The number of aromatic nitrogens is 1. The number of allylic oxidation sites excluding steroid dienone is 1. The van der Waals surface area contributed by atoms with Gasteiger partial charge in [-0.1, -0.05) is 23.7 Å². The lowest BCUT2D eigenvalue weighted by atomic mass is 10.1. The van der Waals surface area contributed by atoms with E-state index >= 15 is 0 Å². The lowest BCUT2D eigenvalue weighted by Crippen LogP contribution is -2.04. The second kappa shape index (κ2) is 7.58. The number of aliphatic hydroxyl groups is 1. The van der Waals surface area contributed by atoms with E-state index in [1.54, 1.807) is 34.9 Å². The maximum atomic E-state index is 12.5. The number of aliphatic hydroxyl groups excluding tert-OH is 1. The fraction of sp³-hybridized carbons (Fsp3) is 0.0500. The molecule has 3 N–H and O–H groups in total. The first kappa shape index (κ1) is 19.2. The topological polar surface area (TPSA) is 117 Å². The Morgan fingerprint density at radius 1 is 1.04 bits per heavy atom. The number of carboxylic acids is 2. The number of carbonyl (C=O) groups is 3. The molecule has 0 radical (unpaired) electrons. The highest BCUT2D eigenvalue weighted by Crippen LogP contribution is 2.27. The number of carboxylic acid groups (broad SMARTS) is 2. The van der Waals surface area contributed by atoms with Crippen LogP contribution in [0.5, 0.6) is 0 Å². The molecule has 3 rings (SSSR count). The third-order valence-corrected chi connectivity index (χ3v) is 4.36. The lowest BCUT2D eigenvalue weighted by molar-refractivity contribution is -0.135. The molecule has 0 saturated heterocycles. The van der Waals surface area contributed by atoms with Gasteiger partial charge in [0, 0.05) is 40.3 Å². The number of nitrogens with zero attached hydrogens (tertiary/aromatic N) is 1. The van der Waals surface area contributed by atoms with E-state index in [-0.39, 0.29) is 17.7 Å². The zero-order chi connectivity index (χ0) is 20.4. The number of aromatic carboxylic acids is 1. The van der Waals surface area contributed by atoms with Crippen molar-refractivity contribution in [3.05, 3.63) is 82.2 Å². The van der Waals surface area contributed by atoms with Gasteiger partial charge in [0.05, 0.1) is 5.56 Å². The van der Waals surface area contributed by atoms with E-state index in [0.29, 0.717) is 27.6 Å². The lowest BCUT2D eigenvalue weighted by Gasteiger charge is -2.06. The van der Waals surface area contributed by atoms with Crippen molar-refractivity contribution >= 4 is 40.2 Å². The highest BCUT2D eigenvalue weighted by Gasteiger charge is 2.17. The summed E-state index contributed by atoms with van der Waals surface area (Å²) in [7, 11) is 0. The SMILES string of the molecule is O=C(O)/C(O)=C/C(=O)c1cn(Cc2cccc(C(=O)O)c2)c2ccc(Cl)cc12. The summed E-state index contributed by atoms with van der Waals surface area (Å²) < 4.78 is 1.73. The second-order valence-electron chi connectivity index (χ2n) is 6.04. The maximum Gasteiger partial charge on any atom is 0.371 e. The van der Waals surface area contributed by atoms with Gasteiger partial charge in [-0.3, -0.25) is 4.79 Å². The smallest absolute Gasteiger partial charge is 0.371 e. The molecule has 0 unspecified atom stereocenters. The number of aliphatic carboxylic acids is 1. The van der Waals surface area contributed by atoms with Gasteiger partial charge in [0.25, 0.3) is 0 Å². The normalized spacial score (nSPS) is 11.5. The number of rotatable bonds is 6. The van der Waals surface area contributed by atoms with Crippen LogP contribution in [0.25, 0.3) is 10.9 Å². The Morgan fingerprint density at radius 3 is 2.46 bits per heavy atom. The van der Waals surface area contributed by atoms with Crippen molar-refractivity contribution in [3.8, 4) is 0 Å². The Kier molecular flexibility index (Phi) is 5.19. The molecule has 0 aliphatic carbocycles. The molecule has 8 heteroatoms. The number of fused-ring (bicyclic) bond motifs is 1. The molecular weight excluding hydrogens is 386 g/mol. The second-order valence-corrected chi connectivity index (χ2v) is 6.47. The Balaban J connectivity index is 2.08.